The van der Waals surface area contributed by atoms with Gasteiger partial charge in [0.25, 0.3) is 0 Å². The molecule has 0 aliphatic rings. The Balaban J connectivity index is 4.66. The Kier molecular flexibility index (Phi) is 50.5. The molecular formula is C57H104O16P2. The molecule has 0 aliphatic carbocycles. The zero-order valence-corrected chi connectivity index (χ0v) is 48.5. The minimum atomic E-state index is -4.91. The third kappa shape index (κ3) is 53.3. The van der Waals surface area contributed by atoms with Crippen LogP contribution in [0.25, 0.3) is 0 Å². The molecule has 0 aliphatic heterocycles. The normalized spacial score (nSPS) is 14.9. The third-order valence-electron chi connectivity index (χ3n) is 12.0. The van der Waals surface area contributed by atoms with E-state index in [2.05, 4.69) is 69.4 Å². The van der Waals surface area contributed by atoms with Crippen molar-refractivity contribution in [2.45, 2.75) is 257 Å². The van der Waals surface area contributed by atoms with E-state index >= 15 is 0 Å². The highest BCUT2D eigenvalue weighted by Crippen LogP contribution is 2.45. The van der Waals surface area contributed by atoms with Crippen LogP contribution >= 0.6 is 15.6 Å². The Morgan fingerprint density at radius 3 is 1.15 bits per heavy atom. The van der Waals surface area contributed by atoms with Crippen molar-refractivity contribution in [1.82, 2.24) is 0 Å². The number of esters is 3. The summed E-state index contributed by atoms with van der Waals surface area (Å²) in [7, 11) is -9.75. The van der Waals surface area contributed by atoms with Crippen molar-refractivity contribution < 1.29 is 75.8 Å². The number of carbonyl (C=O) groups is 3. The maximum Gasteiger partial charge on any atom is 0.472 e. The fourth-order valence-electron chi connectivity index (χ4n) is 7.46. The van der Waals surface area contributed by atoms with Crippen LogP contribution in [0.4, 0.5) is 0 Å². The summed E-state index contributed by atoms with van der Waals surface area (Å²) in [5.41, 5.74) is 0. The number of phosphoric ester groups is 2. The van der Waals surface area contributed by atoms with Crippen LogP contribution in [-0.4, -0.2) is 95.9 Å². The molecule has 16 nitrogen and oxygen atoms in total. The van der Waals surface area contributed by atoms with E-state index < -0.39 is 91.5 Å². The highest BCUT2D eigenvalue weighted by Gasteiger charge is 2.29. The lowest BCUT2D eigenvalue weighted by Crippen LogP contribution is -2.30. The van der Waals surface area contributed by atoms with Gasteiger partial charge >= 0.3 is 33.6 Å². The molecule has 0 aromatic heterocycles. The highest BCUT2D eigenvalue weighted by atomic mass is 31.2. The SMILES string of the molecule is CCC/C=C\C/C=C\CCCCCCCC(=O)OCC(COP(=O)(O)OCC(O)COP(=O)(O)OCC(O)COC(=O)CCCCCCC/C=C\CCCCCCCC)OC(=O)CCCCCCC/C=C\CCCC. The van der Waals surface area contributed by atoms with E-state index in [4.69, 9.17) is 32.3 Å². The summed E-state index contributed by atoms with van der Waals surface area (Å²) in [6.45, 7) is 2.50. The van der Waals surface area contributed by atoms with E-state index in [-0.39, 0.29) is 19.3 Å². The van der Waals surface area contributed by atoms with Gasteiger partial charge in [0.1, 0.15) is 25.4 Å². The molecule has 0 aromatic carbocycles. The van der Waals surface area contributed by atoms with Gasteiger partial charge in [-0.25, -0.2) is 9.13 Å². The van der Waals surface area contributed by atoms with Crippen LogP contribution in [0.5, 0.6) is 0 Å². The van der Waals surface area contributed by atoms with Crippen molar-refractivity contribution >= 4 is 33.6 Å². The zero-order valence-electron chi connectivity index (χ0n) is 46.7. The number of allylic oxidation sites excluding steroid dienone is 8. The number of unbranched alkanes of at least 4 members (excludes halogenated alkanes) is 24. The van der Waals surface area contributed by atoms with Crippen LogP contribution in [-0.2, 0) is 55.8 Å². The van der Waals surface area contributed by atoms with Crippen LogP contribution in [0, 0.1) is 0 Å². The van der Waals surface area contributed by atoms with Gasteiger partial charge in [0, 0.05) is 19.3 Å². The molecular weight excluding hydrogens is 1000 g/mol. The number of carbonyl (C=O) groups excluding carboxylic acids is 3. The maximum absolute atomic E-state index is 12.8. The minimum Gasteiger partial charge on any atom is -0.463 e. The molecule has 5 atom stereocenters. The summed E-state index contributed by atoms with van der Waals surface area (Å²) >= 11 is 0. The van der Waals surface area contributed by atoms with E-state index in [0.717, 1.165) is 128 Å². The van der Waals surface area contributed by atoms with Crippen LogP contribution in [0.1, 0.15) is 239 Å². The van der Waals surface area contributed by atoms with E-state index in [0.29, 0.717) is 19.3 Å². The van der Waals surface area contributed by atoms with E-state index in [1.54, 1.807) is 0 Å². The van der Waals surface area contributed by atoms with Gasteiger partial charge in [0.15, 0.2) is 6.10 Å². The number of aliphatic hydroxyl groups is 2. The van der Waals surface area contributed by atoms with Gasteiger partial charge in [-0.3, -0.25) is 32.5 Å². The van der Waals surface area contributed by atoms with Crippen molar-refractivity contribution in [3.63, 3.8) is 0 Å². The summed E-state index contributed by atoms with van der Waals surface area (Å²) in [5, 5.41) is 20.4. The summed E-state index contributed by atoms with van der Waals surface area (Å²) in [6, 6.07) is 0. The van der Waals surface area contributed by atoms with Crippen LogP contribution in [0.15, 0.2) is 48.6 Å². The van der Waals surface area contributed by atoms with Gasteiger partial charge in [-0.2, -0.15) is 0 Å². The number of ether oxygens (including phenoxy) is 3. The zero-order chi connectivity index (χ0) is 55.4. The van der Waals surface area contributed by atoms with Crippen molar-refractivity contribution in [2.24, 2.45) is 0 Å². The number of hydrogen-bond acceptors (Lipinski definition) is 14. The van der Waals surface area contributed by atoms with E-state index in [9.17, 15) is 43.5 Å². The van der Waals surface area contributed by atoms with E-state index in [1.807, 2.05) is 0 Å². The molecule has 0 spiro atoms. The summed E-state index contributed by atoms with van der Waals surface area (Å²) in [6.07, 6.45) is 46.2. The first kappa shape index (κ1) is 72.5. The Morgan fingerprint density at radius 2 is 0.707 bits per heavy atom. The molecule has 0 fully saturated rings. The number of aliphatic hydroxyl groups excluding tert-OH is 2. The predicted octanol–water partition coefficient (Wildman–Crippen LogP) is 14.5. The molecule has 0 radical (unpaired) electrons. The van der Waals surface area contributed by atoms with E-state index in [1.165, 1.54) is 51.4 Å². The molecule has 18 heteroatoms. The molecule has 0 saturated carbocycles. The lowest BCUT2D eigenvalue weighted by atomic mass is 10.1. The second-order valence-electron chi connectivity index (χ2n) is 19.4. The Bertz CT molecular complexity index is 1590. The van der Waals surface area contributed by atoms with Crippen molar-refractivity contribution in [2.75, 3.05) is 39.6 Å². The van der Waals surface area contributed by atoms with Gasteiger partial charge in [-0.15, -0.1) is 0 Å². The summed E-state index contributed by atoms with van der Waals surface area (Å²) in [5.74, 6) is -1.61. The second kappa shape index (κ2) is 52.2. The van der Waals surface area contributed by atoms with Gasteiger partial charge in [-0.05, 0) is 89.9 Å². The van der Waals surface area contributed by atoms with Crippen molar-refractivity contribution in [1.29, 1.82) is 0 Å². The summed E-state index contributed by atoms with van der Waals surface area (Å²) in [4.78, 5) is 57.9. The Morgan fingerprint density at radius 1 is 0.373 bits per heavy atom. The Labute approximate surface area is 453 Å². The van der Waals surface area contributed by atoms with Crippen LogP contribution < -0.4 is 0 Å². The van der Waals surface area contributed by atoms with Crippen LogP contribution in [0.3, 0.4) is 0 Å². The molecule has 438 valence electrons. The topological polar surface area (TPSA) is 231 Å². The molecule has 75 heavy (non-hydrogen) atoms. The molecule has 0 amide bonds. The largest absolute Gasteiger partial charge is 0.472 e. The van der Waals surface area contributed by atoms with Gasteiger partial charge < -0.3 is 34.2 Å². The molecule has 5 unspecified atom stereocenters. The molecule has 0 bridgehead atoms. The third-order valence-corrected chi connectivity index (χ3v) is 13.9. The molecule has 0 aromatic rings. The highest BCUT2D eigenvalue weighted by molar-refractivity contribution is 7.47. The number of rotatable bonds is 55. The van der Waals surface area contributed by atoms with Crippen molar-refractivity contribution in [3.05, 3.63) is 48.6 Å². The first-order valence-corrected chi connectivity index (χ1v) is 31.9. The van der Waals surface area contributed by atoms with Crippen LogP contribution in [0.2, 0.25) is 0 Å². The fourth-order valence-corrected chi connectivity index (χ4v) is 9.05. The first-order valence-electron chi connectivity index (χ1n) is 28.9. The quantitative estimate of drug-likeness (QED) is 0.0146. The first-order chi connectivity index (χ1) is 36.2. The smallest absolute Gasteiger partial charge is 0.463 e. The van der Waals surface area contributed by atoms with Gasteiger partial charge in [-0.1, -0.05) is 179 Å². The monoisotopic (exact) mass is 1110 g/mol. The molecule has 0 saturated heterocycles. The Hall–Kier alpha value is -2.49. The van der Waals surface area contributed by atoms with Gasteiger partial charge in [0.05, 0.1) is 26.4 Å². The maximum atomic E-state index is 12.8. The molecule has 0 rings (SSSR count). The van der Waals surface area contributed by atoms with Crippen molar-refractivity contribution in [3.8, 4) is 0 Å². The number of hydrogen-bond donors (Lipinski definition) is 4. The molecule has 0 heterocycles. The molecule has 4 N–H and O–H groups in total. The predicted molar refractivity (Wildman–Crippen MR) is 298 cm³/mol. The standard InChI is InChI=1S/C57H104O16P2/c1-4-7-10-13-16-19-22-24-25-27-30-31-34-37-40-43-55(60)67-46-52(58)47-69-74(63,64)70-48-53(59)49-71-75(65,66)72-51-54(73-57(62)45-42-39-36-33-28-21-18-15-12-9-6-3)50-68-56(61)44-41-38-35-32-29-26-23-20-17-14-11-8-5-2/h11,14-15,18,20,23-25,52-54,58-59H,4-10,12-13,16-17,19,21-22,26-51H2,1-3H3,(H,63,64)(H,65,66)/b14-11-,18-15-,23-20-,25-24-. The minimum absolute atomic E-state index is 0.0930. The average Bonchev–Trinajstić information content (AvgIpc) is 3.38. The fraction of sp³-hybridized carbons (Fsp3) is 0.807. The van der Waals surface area contributed by atoms with Gasteiger partial charge in [0.2, 0.25) is 0 Å². The number of phosphoric acid groups is 2. The summed E-state index contributed by atoms with van der Waals surface area (Å²) < 4.78 is 60.4. The average molecular weight is 1110 g/mol. The lowest BCUT2D eigenvalue weighted by molar-refractivity contribution is -0.161. The second-order valence-corrected chi connectivity index (χ2v) is 22.3. The lowest BCUT2D eigenvalue weighted by Gasteiger charge is -2.21.